The van der Waals surface area contributed by atoms with Gasteiger partial charge in [0.25, 0.3) is 0 Å². The molecule has 0 radical (unpaired) electrons. The lowest BCUT2D eigenvalue weighted by molar-refractivity contribution is -0.111. The Morgan fingerprint density at radius 3 is 2.78 bits per heavy atom. The first-order chi connectivity index (χ1) is 19.9. The van der Waals surface area contributed by atoms with Crippen molar-refractivity contribution < 1.29 is 19.0 Å². The number of carbonyl (C=O) groups is 1. The molecular weight excluding hydrogens is 544 g/mol. The smallest absolute Gasteiger partial charge is 0.248 e. The third-order valence-electron chi connectivity index (χ3n) is 6.83. The Hall–Kier alpha value is -4.41. The molecule has 1 saturated heterocycles. The van der Waals surface area contributed by atoms with Gasteiger partial charge >= 0.3 is 0 Å². The zero-order chi connectivity index (χ0) is 28.8. The number of nitrogens with zero attached hydrogens (tertiary/aromatic N) is 4. The summed E-state index contributed by atoms with van der Waals surface area (Å²) in [6.45, 7) is 1.27. The number of anilines is 3. The highest BCUT2D eigenvalue weighted by molar-refractivity contribution is 6.32. The number of pyridine rings is 1. The average Bonchev–Trinajstić information content (AvgIpc) is 3.40. The summed E-state index contributed by atoms with van der Waals surface area (Å²) >= 11 is 6.54. The predicted molar refractivity (Wildman–Crippen MR) is 159 cm³/mol. The molecular formula is C30H31ClN6O4. The fourth-order valence-electron chi connectivity index (χ4n) is 4.72. The van der Waals surface area contributed by atoms with Crippen LogP contribution in [-0.2, 0) is 11.4 Å². The molecule has 1 unspecified atom stereocenters. The molecule has 2 N–H and O–H groups in total. The highest BCUT2D eigenvalue weighted by atomic mass is 35.5. The maximum Gasteiger partial charge on any atom is 0.248 e. The lowest BCUT2D eigenvalue weighted by atomic mass is 10.1. The molecule has 1 amide bonds. The van der Waals surface area contributed by atoms with Crippen molar-refractivity contribution in [3.63, 3.8) is 0 Å². The summed E-state index contributed by atoms with van der Waals surface area (Å²) in [6, 6.07) is 14.7. The van der Waals surface area contributed by atoms with Gasteiger partial charge < -0.3 is 24.8 Å². The fourth-order valence-corrected chi connectivity index (χ4v) is 4.95. The number of carbonyl (C=O) groups excluding carboxylic acids is 1. The molecule has 2 aromatic heterocycles. The predicted octanol–water partition coefficient (Wildman–Crippen LogP) is 5.61. The first kappa shape index (κ1) is 28.1. The van der Waals surface area contributed by atoms with Crippen molar-refractivity contribution in [1.29, 1.82) is 0 Å². The van der Waals surface area contributed by atoms with Gasteiger partial charge in [-0.15, -0.1) is 0 Å². The fraction of sp³-hybridized carbons (Fsp3) is 0.267. The molecule has 2 aromatic carbocycles. The van der Waals surface area contributed by atoms with Crippen LogP contribution >= 0.6 is 11.6 Å². The Morgan fingerprint density at radius 1 is 1.15 bits per heavy atom. The van der Waals surface area contributed by atoms with Crippen LogP contribution in [0.2, 0.25) is 5.02 Å². The number of likely N-dealkylation sites (N-methyl/N-ethyl adjacent to an activating group) is 1. The van der Waals surface area contributed by atoms with Gasteiger partial charge in [-0.05, 0) is 62.8 Å². The number of fused-ring (bicyclic) bond motifs is 1. The number of halogens is 1. The number of methoxy groups -OCH3 is 2. The maximum absolute atomic E-state index is 12.7. The third-order valence-corrected chi connectivity index (χ3v) is 7.12. The van der Waals surface area contributed by atoms with Crippen molar-refractivity contribution in [3.05, 3.63) is 77.7 Å². The Labute approximate surface area is 243 Å². The van der Waals surface area contributed by atoms with Crippen LogP contribution in [0.1, 0.15) is 18.5 Å². The van der Waals surface area contributed by atoms with Gasteiger partial charge in [-0.25, -0.2) is 15.0 Å². The van der Waals surface area contributed by atoms with Crippen molar-refractivity contribution in [2.75, 3.05) is 38.4 Å². The van der Waals surface area contributed by atoms with E-state index in [1.54, 1.807) is 44.6 Å². The van der Waals surface area contributed by atoms with Crippen LogP contribution < -0.4 is 24.8 Å². The molecule has 10 nitrogen and oxygen atoms in total. The number of likely N-dealkylation sites (tertiary alicyclic amines) is 1. The van der Waals surface area contributed by atoms with Gasteiger partial charge in [0.2, 0.25) is 11.8 Å². The lowest BCUT2D eigenvalue weighted by Crippen LogP contribution is -2.23. The highest BCUT2D eigenvalue weighted by Gasteiger charge is 2.19. The molecule has 1 aliphatic heterocycles. The minimum Gasteiger partial charge on any atom is -0.494 e. The van der Waals surface area contributed by atoms with Crippen LogP contribution in [-0.4, -0.2) is 59.6 Å². The SMILES string of the molecule is COc1cccc(COc2ccc(Nc3ncnc4ccc(NC(=O)/C=C/C5CCCN5C)c(OC)c34)cc2Cl)n1. The monoisotopic (exact) mass is 574 g/mol. The minimum absolute atomic E-state index is 0.235. The number of hydrogen-bond acceptors (Lipinski definition) is 9. The van der Waals surface area contributed by atoms with Crippen molar-refractivity contribution in [3.8, 4) is 17.4 Å². The molecule has 1 aliphatic rings. The first-order valence-corrected chi connectivity index (χ1v) is 13.5. The first-order valence-electron chi connectivity index (χ1n) is 13.2. The van der Waals surface area contributed by atoms with Gasteiger partial charge in [-0.1, -0.05) is 23.7 Å². The number of hydrogen-bond donors (Lipinski definition) is 2. The summed E-state index contributed by atoms with van der Waals surface area (Å²) in [5.74, 6) is 1.73. The maximum atomic E-state index is 12.7. The minimum atomic E-state index is -0.235. The van der Waals surface area contributed by atoms with E-state index in [1.807, 2.05) is 30.3 Å². The van der Waals surface area contributed by atoms with E-state index >= 15 is 0 Å². The van der Waals surface area contributed by atoms with E-state index in [1.165, 1.54) is 6.33 Å². The van der Waals surface area contributed by atoms with E-state index in [4.69, 9.17) is 25.8 Å². The molecule has 0 spiro atoms. The summed E-state index contributed by atoms with van der Waals surface area (Å²) in [5, 5.41) is 7.26. The second-order valence-electron chi connectivity index (χ2n) is 9.53. The van der Waals surface area contributed by atoms with Crippen LogP contribution in [0.3, 0.4) is 0 Å². The van der Waals surface area contributed by atoms with Crippen LogP contribution in [0.25, 0.3) is 10.9 Å². The van der Waals surface area contributed by atoms with Gasteiger partial charge in [0.1, 0.15) is 24.5 Å². The van der Waals surface area contributed by atoms with Crippen molar-refractivity contribution >= 4 is 45.6 Å². The van der Waals surface area contributed by atoms with Crippen molar-refractivity contribution in [2.45, 2.75) is 25.5 Å². The number of aromatic nitrogens is 3. The van der Waals surface area contributed by atoms with E-state index in [2.05, 4.69) is 37.5 Å². The largest absolute Gasteiger partial charge is 0.494 e. The average molecular weight is 575 g/mol. The summed E-state index contributed by atoms with van der Waals surface area (Å²) in [4.78, 5) is 28.2. The van der Waals surface area contributed by atoms with Gasteiger partial charge in [0.05, 0.1) is 41.5 Å². The van der Waals surface area contributed by atoms with E-state index < -0.39 is 0 Å². The van der Waals surface area contributed by atoms with Crippen LogP contribution in [0.4, 0.5) is 17.2 Å². The molecule has 5 rings (SSSR count). The third kappa shape index (κ3) is 6.67. The Balaban J connectivity index is 1.34. The zero-order valence-corrected chi connectivity index (χ0v) is 23.8. The van der Waals surface area contributed by atoms with Gasteiger partial charge in [0, 0.05) is 23.9 Å². The molecule has 1 atom stereocenters. The summed E-state index contributed by atoms with van der Waals surface area (Å²) in [5.41, 5.74) is 2.56. The Morgan fingerprint density at radius 2 is 2.02 bits per heavy atom. The number of nitrogens with one attached hydrogen (secondary N) is 2. The van der Waals surface area contributed by atoms with Crippen LogP contribution in [0.15, 0.2) is 67.0 Å². The molecule has 0 aliphatic carbocycles. The topological polar surface area (TPSA) is 111 Å². The summed E-state index contributed by atoms with van der Waals surface area (Å²) < 4.78 is 16.8. The number of rotatable bonds is 10. The molecule has 1 fully saturated rings. The molecule has 212 valence electrons. The lowest BCUT2D eigenvalue weighted by Gasteiger charge is -2.16. The molecule has 0 saturated carbocycles. The van der Waals surface area contributed by atoms with Crippen molar-refractivity contribution in [1.82, 2.24) is 19.9 Å². The second kappa shape index (κ2) is 12.8. The molecule has 41 heavy (non-hydrogen) atoms. The van der Waals surface area contributed by atoms with E-state index in [-0.39, 0.29) is 18.6 Å². The molecule has 3 heterocycles. The number of benzene rings is 2. The van der Waals surface area contributed by atoms with Gasteiger partial charge in [0.15, 0.2) is 5.75 Å². The quantitative estimate of drug-likeness (QED) is 0.234. The molecule has 0 bridgehead atoms. The van der Waals surface area contributed by atoms with Crippen LogP contribution in [0, 0.1) is 0 Å². The van der Waals surface area contributed by atoms with E-state index in [9.17, 15) is 4.79 Å². The zero-order valence-electron chi connectivity index (χ0n) is 23.1. The van der Waals surface area contributed by atoms with E-state index in [0.29, 0.717) is 56.2 Å². The normalized spacial score (nSPS) is 15.3. The van der Waals surface area contributed by atoms with Crippen LogP contribution in [0.5, 0.6) is 17.4 Å². The second-order valence-corrected chi connectivity index (χ2v) is 9.94. The summed E-state index contributed by atoms with van der Waals surface area (Å²) in [6.07, 6.45) is 7.15. The molecule has 11 heteroatoms. The Bertz CT molecular complexity index is 1580. The highest BCUT2D eigenvalue weighted by Crippen LogP contribution is 2.38. The van der Waals surface area contributed by atoms with E-state index in [0.717, 1.165) is 19.4 Å². The van der Waals surface area contributed by atoms with Gasteiger partial charge in [-0.2, -0.15) is 0 Å². The standard InChI is InChI=1S/C30H31ClN6O4/c1-37-15-5-7-21(37)10-14-26(38)36-24-12-11-23-28(29(24)40-3)30(33-18-32-23)35-19-9-13-25(22(31)16-19)41-17-20-6-4-8-27(34-20)39-2/h4,6,8-14,16,18,21H,5,7,15,17H2,1-3H3,(H,36,38)(H,32,33,35)/b14-10+. The number of ether oxygens (including phenoxy) is 3. The Kier molecular flexibility index (Phi) is 8.81. The molecule has 4 aromatic rings. The summed E-state index contributed by atoms with van der Waals surface area (Å²) in [7, 11) is 5.18. The number of amides is 1. The van der Waals surface area contributed by atoms with Crippen molar-refractivity contribution in [2.24, 2.45) is 0 Å². The van der Waals surface area contributed by atoms with Gasteiger partial charge in [-0.3, -0.25) is 9.69 Å².